The minimum Gasteiger partial charge on any atom is -0.308 e. The van der Waals surface area contributed by atoms with Crippen LogP contribution in [0.4, 0.5) is 0 Å². The lowest BCUT2D eigenvalue weighted by Gasteiger charge is -2.15. The molecule has 17 heavy (non-hydrogen) atoms. The van der Waals surface area contributed by atoms with E-state index < -0.39 is 0 Å². The minimum absolute atomic E-state index is 0.676. The van der Waals surface area contributed by atoms with Gasteiger partial charge >= 0.3 is 0 Å². The van der Waals surface area contributed by atoms with Crippen molar-refractivity contribution in [2.45, 2.75) is 44.8 Å². The minimum atomic E-state index is 0.676. The SMILES string of the molecule is Cc1c(CNC2CCN(C3CC3)C2)cnn1C. The van der Waals surface area contributed by atoms with Gasteiger partial charge in [0.15, 0.2) is 0 Å². The largest absolute Gasteiger partial charge is 0.308 e. The number of aromatic nitrogens is 2. The maximum Gasteiger partial charge on any atom is 0.0537 e. The third kappa shape index (κ3) is 2.38. The molecule has 0 spiro atoms. The smallest absolute Gasteiger partial charge is 0.0537 e. The van der Waals surface area contributed by atoms with Gasteiger partial charge in [0.2, 0.25) is 0 Å². The third-order valence-electron chi connectivity index (χ3n) is 4.20. The summed E-state index contributed by atoms with van der Waals surface area (Å²) < 4.78 is 1.95. The lowest BCUT2D eigenvalue weighted by Crippen LogP contribution is -2.32. The summed E-state index contributed by atoms with van der Waals surface area (Å²) >= 11 is 0. The highest BCUT2D eigenvalue weighted by Gasteiger charge is 2.34. The zero-order chi connectivity index (χ0) is 11.8. The molecule has 1 aromatic rings. The Morgan fingerprint density at radius 3 is 2.88 bits per heavy atom. The number of hydrogen-bond donors (Lipinski definition) is 1. The van der Waals surface area contributed by atoms with Crippen molar-refractivity contribution in [2.75, 3.05) is 13.1 Å². The molecule has 2 heterocycles. The molecule has 1 saturated heterocycles. The van der Waals surface area contributed by atoms with E-state index in [4.69, 9.17) is 0 Å². The second-order valence-electron chi connectivity index (χ2n) is 5.47. The zero-order valence-corrected chi connectivity index (χ0v) is 10.8. The molecule has 1 N–H and O–H groups in total. The van der Waals surface area contributed by atoms with E-state index >= 15 is 0 Å². The average molecular weight is 234 g/mol. The number of nitrogens with one attached hydrogen (secondary N) is 1. The van der Waals surface area contributed by atoms with E-state index in [1.165, 1.54) is 43.6 Å². The van der Waals surface area contributed by atoms with Crippen molar-refractivity contribution in [3.63, 3.8) is 0 Å². The van der Waals surface area contributed by atoms with Crippen LogP contribution in [0.25, 0.3) is 0 Å². The van der Waals surface area contributed by atoms with Gasteiger partial charge in [0.1, 0.15) is 0 Å². The number of aryl methyl sites for hydroxylation is 1. The first kappa shape index (κ1) is 11.2. The molecule has 0 amide bonds. The molecule has 1 aliphatic carbocycles. The molecule has 2 fully saturated rings. The van der Waals surface area contributed by atoms with E-state index in [1.54, 1.807) is 0 Å². The first-order valence-electron chi connectivity index (χ1n) is 6.69. The summed E-state index contributed by atoms with van der Waals surface area (Å²) in [6.07, 6.45) is 6.13. The molecule has 94 valence electrons. The van der Waals surface area contributed by atoms with Crippen molar-refractivity contribution in [2.24, 2.45) is 7.05 Å². The lowest BCUT2D eigenvalue weighted by atomic mass is 10.2. The van der Waals surface area contributed by atoms with Crippen LogP contribution in [0.15, 0.2) is 6.20 Å². The number of likely N-dealkylation sites (tertiary alicyclic amines) is 1. The normalized spacial score (nSPS) is 25.6. The van der Waals surface area contributed by atoms with E-state index in [1.807, 2.05) is 17.9 Å². The maximum absolute atomic E-state index is 4.28. The van der Waals surface area contributed by atoms with Crippen molar-refractivity contribution in [3.8, 4) is 0 Å². The fourth-order valence-corrected chi connectivity index (χ4v) is 2.70. The predicted octanol–water partition coefficient (Wildman–Crippen LogP) is 1.05. The Balaban J connectivity index is 1.50. The molecular formula is C13H22N4. The molecule has 1 unspecified atom stereocenters. The summed E-state index contributed by atoms with van der Waals surface area (Å²) in [4.78, 5) is 2.65. The summed E-state index contributed by atoms with van der Waals surface area (Å²) in [6, 6.07) is 1.59. The Kier molecular flexibility index (Phi) is 2.92. The molecule has 4 nitrogen and oxygen atoms in total. The Labute approximate surface area is 103 Å². The molecule has 2 aliphatic rings. The predicted molar refractivity (Wildman–Crippen MR) is 67.8 cm³/mol. The number of rotatable bonds is 4. The van der Waals surface area contributed by atoms with Crippen LogP contribution in [0.3, 0.4) is 0 Å². The van der Waals surface area contributed by atoms with Crippen molar-refractivity contribution in [1.29, 1.82) is 0 Å². The van der Waals surface area contributed by atoms with Crippen LogP contribution in [0.5, 0.6) is 0 Å². The summed E-state index contributed by atoms with van der Waals surface area (Å²) in [5, 5.41) is 7.95. The van der Waals surface area contributed by atoms with Gasteiger partial charge in [0.25, 0.3) is 0 Å². The standard InChI is InChI=1S/C13H22N4/c1-10-11(8-15-16(10)2)7-14-12-5-6-17(9-12)13-3-4-13/h8,12-14H,3-7,9H2,1-2H3. The van der Waals surface area contributed by atoms with E-state index in [9.17, 15) is 0 Å². The Morgan fingerprint density at radius 2 is 2.24 bits per heavy atom. The summed E-state index contributed by atoms with van der Waals surface area (Å²) in [7, 11) is 2.00. The molecule has 1 aromatic heterocycles. The van der Waals surface area contributed by atoms with Gasteiger partial charge in [0.05, 0.1) is 6.20 Å². The Bertz CT molecular complexity index is 394. The van der Waals surface area contributed by atoms with Gasteiger partial charge in [0, 0.05) is 50.0 Å². The maximum atomic E-state index is 4.28. The molecule has 1 saturated carbocycles. The van der Waals surface area contributed by atoms with Gasteiger partial charge in [-0.2, -0.15) is 5.10 Å². The van der Waals surface area contributed by atoms with E-state index in [2.05, 4.69) is 22.2 Å². The van der Waals surface area contributed by atoms with Gasteiger partial charge in [-0.05, 0) is 26.2 Å². The van der Waals surface area contributed by atoms with Crippen molar-refractivity contribution < 1.29 is 0 Å². The van der Waals surface area contributed by atoms with Crippen LogP contribution >= 0.6 is 0 Å². The monoisotopic (exact) mass is 234 g/mol. The van der Waals surface area contributed by atoms with Crippen LogP contribution in [0, 0.1) is 6.92 Å². The van der Waals surface area contributed by atoms with Gasteiger partial charge in [-0.3, -0.25) is 9.58 Å². The van der Waals surface area contributed by atoms with E-state index in [0.717, 1.165) is 12.6 Å². The molecule has 0 radical (unpaired) electrons. The molecule has 0 aromatic carbocycles. The topological polar surface area (TPSA) is 33.1 Å². The lowest BCUT2D eigenvalue weighted by molar-refractivity contribution is 0.317. The van der Waals surface area contributed by atoms with Gasteiger partial charge < -0.3 is 5.32 Å². The van der Waals surface area contributed by atoms with Crippen LogP contribution in [-0.2, 0) is 13.6 Å². The summed E-state index contributed by atoms with van der Waals surface area (Å²) in [6.45, 7) is 5.62. The first-order chi connectivity index (χ1) is 8.24. The highest BCUT2D eigenvalue weighted by Crippen LogP contribution is 2.29. The molecule has 1 aliphatic heterocycles. The zero-order valence-electron chi connectivity index (χ0n) is 10.8. The quantitative estimate of drug-likeness (QED) is 0.845. The van der Waals surface area contributed by atoms with E-state index in [0.29, 0.717) is 6.04 Å². The highest BCUT2D eigenvalue weighted by molar-refractivity contribution is 5.15. The molecule has 0 bridgehead atoms. The van der Waals surface area contributed by atoms with Crippen LogP contribution in [-0.4, -0.2) is 39.9 Å². The second-order valence-corrected chi connectivity index (χ2v) is 5.47. The Hall–Kier alpha value is -0.870. The fourth-order valence-electron chi connectivity index (χ4n) is 2.70. The van der Waals surface area contributed by atoms with Gasteiger partial charge in [-0.1, -0.05) is 0 Å². The molecular weight excluding hydrogens is 212 g/mol. The average Bonchev–Trinajstić information content (AvgIpc) is 3.00. The Morgan fingerprint density at radius 1 is 1.41 bits per heavy atom. The second kappa shape index (κ2) is 4.42. The summed E-state index contributed by atoms with van der Waals surface area (Å²) in [5.74, 6) is 0. The van der Waals surface area contributed by atoms with Crippen LogP contribution in [0.2, 0.25) is 0 Å². The van der Waals surface area contributed by atoms with Gasteiger partial charge in [-0.15, -0.1) is 0 Å². The number of nitrogens with zero attached hydrogens (tertiary/aromatic N) is 3. The van der Waals surface area contributed by atoms with Gasteiger partial charge in [-0.25, -0.2) is 0 Å². The van der Waals surface area contributed by atoms with Crippen molar-refractivity contribution in [3.05, 3.63) is 17.5 Å². The van der Waals surface area contributed by atoms with Crippen molar-refractivity contribution in [1.82, 2.24) is 20.0 Å². The number of hydrogen-bond acceptors (Lipinski definition) is 3. The summed E-state index contributed by atoms with van der Waals surface area (Å²) in [5.41, 5.74) is 2.60. The first-order valence-corrected chi connectivity index (χ1v) is 6.69. The fraction of sp³-hybridized carbons (Fsp3) is 0.769. The molecule has 1 atom stereocenters. The molecule has 4 heteroatoms. The van der Waals surface area contributed by atoms with E-state index in [-0.39, 0.29) is 0 Å². The van der Waals surface area contributed by atoms with Crippen LogP contribution < -0.4 is 5.32 Å². The third-order valence-corrected chi connectivity index (χ3v) is 4.20. The van der Waals surface area contributed by atoms with Crippen LogP contribution in [0.1, 0.15) is 30.5 Å². The highest BCUT2D eigenvalue weighted by atomic mass is 15.3. The van der Waals surface area contributed by atoms with Crippen molar-refractivity contribution >= 4 is 0 Å². The molecule has 3 rings (SSSR count).